The van der Waals surface area contributed by atoms with E-state index in [-0.39, 0.29) is 17.5 Å². The van der Waals surface area contributed by atoms with Gasteiger partial charge in [-0.15, -0.1) is 0 Å². The molecule has 2 atom stereocenters. The molecule has 108 valence electrons. The van der Waals surface area contributed by atoms with Crippen LogP contribution in [0.15, 0.2) is 30.3 Å². The van der Waals surface area contributed by atoms with Crippen molar-refractivity contribution in [1.82, 2.24) is 5.32 Å². The predicted octanol–water partition coefficient (Wildman–Crippen LogP) is 0.926. The van der Waals surface area contributed by atoms with Crippen LogP contribution in [0.2, 0.25) is 0 Å². The number of hydrogen-bond acceptors (Lipinski definition) is 4. The number of Topliss-reactive ketones (excluding diaryl/α,β-unsaturated/α-hetero) is 2. The van der Waals surface area contributed by atoms with Crippen LogP contribution < -0.4 is 11.1 Å². The van der Waals surface area contributed by atoms with Gasteiger partial charge in [-0.2, -0.15) is 0 Å². The third-order valence-electron chi connectivity index (χ3n) is 3.05. The summed E-state index contributed by atoms with van der Waals surface area (Å²) in [5.74, 6) is -1.39. The molecule has 0 bridgehead atoms. The Morgan fingerprint density at radius 3 is 2.05 bits per heavy atom. The molecule has 1 aromatic rings. The van der Waals surface area contributed by atoms with Crippen LogP contribution in [0.4, 0.5) is 0 Å². The molecule has 0 aliphatic carbocycles. The highest BCUT2D eigenvalue weighted by molar-refractivity contribution is 6.13. The Hall–Kier alpha value is -2.01. The molecule has 5 heteroatoms. The van der Waals surface area contributed by atoms with Gasteiger partial charge in [-0.1, -0.05) is 44.2 Å². The van der Waals surface area contributed by atoms with Crippen molar-refractivity contribution in [2.75, 3.05) is 0 Å². The first-order valence-corrected chi connectivity index (χ1v) is 6.49. The number of carbonyl (C=O) groups is 3. The Labute approximate surface area is 118 Å². The molecule has 0 fully saturated rings. The lowest BCUT2D eigenvalue weighted by Gasteiger charge is -2.24. The second-order valence-electron chi connectivity index (χ2n) is 5.06. The lowest BCUT2D eigenvalue weighted by atomic mass is 9.97. The highest BCUT2D eigenvalue weighted by Gasteiger charge is 2.30. The minimum absolute atomic E-state index is 0.113. The summed E-state index contributed by atoms with van der Waals surface area (Å²) in [7, 11) is 0. The number of amides is 1. The molecule has 0 radical (unpaired) electrons. The Kier molecular flexibility index (Phi) is 5.58. The fraction of sp³-hybridized carbons (Fsp3) is 0.400. The predicted molar refractivity (Wildman–Crippen MR) is 76.2 cm³/mol. The minimum atomic E-state index is -1.06. The number of hydrogen-bond donors (Lipinski definition) is 2. The Morgan fingerprint density at radius 1 is 1.10 bits per heavy atom. The van der Waals surface area contributed by atoms with Gasteiger partial charge in [0.2, 0.25) is 5.91 Å². The summed E-state index contributed by atoms with van der Waals surface area (Å²) < 4.78 is 0. The molecule has 0 heterocycles. The second kappa shape index (κ2) is 6.96. The van der Waals surface area contributed by atoms with Gasteiger partial charge in [0.25, 0.3) is 0 Å². The molecule has 0 spiro atoms. The summed E-state index contributed by atoms with van der Waals surface area (Å²) in [6.45, 7) is 4.91. The summed E-state index contributed by atoms with van der Waals surface area (Å²) in [4.78, 5) is 35.4. The van der Waals surface area contributed by atoms with Crippen molar-refractivity contribution in [2.24, 2.45) is 11.7 Å². The summed E-state index contributed by atoms with van der Waals surface area (Å²) >= 11 is 0. The largest absolute Gasteiger partial charge is 0.368 e. The molecule has 3 N–H and O–H groups in total. The maximum Gasteiger partial charge on any atom is 0.234 e. The third-order valence-corrected chi connectivity index (χ3v) is 3.05. The van der Waals surface area contributed by atoms with Gasteiger partial charge in [-0.25, -0.2) is 0 Å². The van der Waals surface area contributed by atoms with Crippen molar-refractivity contribution in [3.63, 3.8) is 0 Å². The molecule has 0 aromatic heterocycles. The highest BCUT2D eigenvalue weighted by atomic mass is 16.2. The quantitative estimate of drug-likeness (QED) is 0.572. The van der Waals surface area contributed by atoms with Crippen molar-refractivity contribution < 1.29 is 14.4 Å². The van der Waals surface area contributed by atoms with Crippen LogP contribution in [-0.2, 0) is 9.59 Å². The van der Waals surface area contributed by atoms with E-state index in [1.54, 1.807) is 44.2 Å². The molecule has 0 aliphatic heterocycles. The van der Waals surface area contributed by atoms with E-state index in [4.69, 9.17) is 5.73 Å². The Balaban J connectivity index is 2.98. The smallest absolute Gasteiger partial charge is 0.234 e. The summed E-state index contributed by atoms with van der Waals surface area (Å²) in [6, 6.07) is 6.71. The van der Waals surface area contributed by atoms with Gasteiger partial charge >= 0.3 is 0 Å². The average Bonchev–Trinajstić information content (AvgIpc) is 2.38. The molecular formula is C15H20N2O3. The van der Waals surface area contributed by atoms with Crippen LogP contribution in [0.1, 0.15) is 31.1 Å². The van der Waals surface area contributed by atoms with E-state index in [1.807, 2.05) is 0 Å². The number of carbonyl (C=O) groups excluding carboxylic acids is 3. The minimum Gasteiger partial charge on any atom is -0.368 e. The van der Waals surface area contributed by atoms with E-state index in [1.165, 1.54) is 6.92 Å². The molecule has 20 heavy (non-hydrogen) atoms. The molecule has 0 saturated heterocycles. The van der Waals surface area contributed by atoms with Crippen molar-refractivity contribution in [3.05, 3.63) is 35.9 Å². The van der Waals surface area contributed by atoms with Crippen LogP contribution in [0, 0.1) is 5.92 Å². The molecule has 0 saturated carbocycles. The highest BCUT2D eigenvalue weighted by Crippen LogP contribution is 2.08. The van der Waals surface area contributed by atoms with Gasteiger partial charge in [-0.3, -0.25) is 19.7 Å². The average molecular weight is 276 g/mol. The van der Waals surface area contributed by atoms with Crippen LogP contribution in [-0.4, -0.2) is 29.6 Å². The zero-order valence-corrected chi connectivity index (χ0v) is 11.9. The van der Waals surface area contributed by atoms with Gasteiger partial charge in [0.1, 0.15) is 6.04 Å². The van der Waals surface area contributed by atoms with E-state index in [9.17, 15) is 14.4 Å². The zero-order chi connectivity index (χ0) is 15.3. The maximum absolute atomic E-state index is 12.3. The lowest BCUT2D eigenvalue weighted by molar-refractivity contribution is -0.122. The fourth-order valence-corrected chi connectivity index (χ4v) is 1.93. The molecule has 5 nitrogen and oxygen atoms in total. The van der Waals surface area contributed by atoms with E-state index in [0.717, 1.165) is 0 Å². The number of ketones is 2. The number of nitrogens with two attached hydrogens (primary N) is 1. The number of primary amides is 1. The van der Waals surface area contributed by atoms with Gasteiger partial charge in [0, 0.05) is 5.56 Å². The van der Waals surface area contributed by atoms with Crippen LogP contribution in [0.25, 0.3) is 0 Å². The molecular weight excluding hydrogens is 256 g/mol. The standard InChI is InChI=1S/C15H20N2O3/c1-9(2)12(15(16)20)17-13(10(3)18)14(19)11-7-5-4-6-8-11/h4-9,12-13,17H,1-3H3,(H2,16,20)/t12-,13-/m0/s1. The summed E-state index contributed by atoms with van der Waals surface area (Å²) in [5, 5.41) is 2.78. The van der Waals surface area contributed by atoms with E-state index in [2.05, 4.69) is 5.32 Å². The van der Waals surface area contributed by atoms with Gasteiger partial charge in [-0.05, 0) is 12.8 Å². The Morgan fingerprint density at radius 2 is 1.65 bits per heavy atom. The van der Waals surface area contributed by atoms with Crippen LogP contribution in [0.5, 0.6) is 0 Å². The summed E-state index contributed by atoms with van der Waals surface area (Å²) in [5.41, 5.74) is 5.72. The second-order valence-corrected chi connectivity index (χ2v) is 5.06. The summed E-state index contributed by atoms with van der Waals surface area (Å²) in [6.07, 6.45) is 0. The van der Waals surface area contributed by atoms with Crippen molar-refractivity contribution >= 4 is 17.5 Å². The van der Waals surface area contributed by atoms with Gasteiger partial charge in [0.15, 0.2) is 11.6 Å². The van der Waals surface area contributed by atoms with Crippen LogP contribution >= 0.6 is 0 Å². The topological polar surface area (TPSA) is 89.3 Å². The van der Waals surface area contributed by atoms with E-state index in [0.29, 0.717) is 5.56 Å². The number of benzene rings is 1. The molecule has 1 aromatic carbocycles. The van der Waals surface area contributed by atoms with Crippen LogP contribution in [0.3, 0.4) is 0 Å². The zero-order valence-electron chi connectivity index (χ0n) is 11.9. The first-order chi connectivity index (χ1) is 9.34. The molecule has 1 amide bonds. The SMILES string of the molecule is CC(=O)[C@H](N[C@H](C(N)=O)C(C)C)C(=O)c1ccccc1. The lowest BCUT2D eigenvalue weighted by Crippen LogP contribution is -2.54. The van der Waals surface area contributed by atoms with Gasteiger partial charge in [0.05, 0.1) is 6.04 Å². The first kappa shape index (κ1) is 16.0. The third kappa shape index (κ3) is 3.99. The van der Waals surface area contributed by atoms with Crippen molar-refractivity contribution in [1.29, 1.82) is 0 Å². The van der Waals surface area contributed by atoms with E-state index < -0.39 is 18.0 Å². The van der Waals surface area contributed by atoms with Gasteiger partial charge < -0.3 is 5.73 Å². The Bertz CT molecular complexity index is 497. The number of rotatable bonds is 7. The first-order valence-electron chi connectivity index (χ1n) is 6.49. The fourth-order valence-electron chi connectivity index (χ4n) is 1.93. The molecule has 0 aliphatic rings. The van der Waals surface area contributed by atoms with Crippen molar-refractivity contribution in [2.45, 2.75) is 32.9 Å². The molecule has 0 unspecified atom stereocenters. The molecule has 1 rings (SSSR count). The maximum atomic E-state index is 12.3. The van der Waals surface area contributed by atoms with E-state index >= 15 is 0 Å². The van der Waals surface area contributed by atoms with Crippen molar-refractivity contribution in [3.8, 4) is 0 Å². The normalized spacial score (nSPS) is 13.8. The number of nitrogens with one attached hydrogen (secondary N) is 1. The monoisotopic (exact) mass is 276 g/mol.